The Morgan fingerprint density at radius 2 is 1.25 bits per heavy atom. The van der Waals surface area contributed by atoms with Gasteiger partial charge in [0.2, 0.25) is 11.8 Å². The van der Waals surface area contributed by atoms with Gasteiger partial charge >= 0.3 is 0 Å². The van der Waals surface area contributed by atoms with Gasteiger partial charge in [-0.15, -0.1) is 0 Å². The van der Waals surface area contributed by atoms with Crippen LogP contribution in [0.2, 0.25) is 0 Å². The summed E-state index contributed by atoms with van der Waals surface area (Å²) in [5.41, 5.74) is 0. The van der Waals surface area contributed by atoms with Gasteiger partial charge in [-0.3, -0.25) is 9.59 Å². The number of hydrogen-bond acceptors (Lipinski definition) is 2. The van der Waals surface area contributed by atoms with Gasteiger partial charge in [0, 0.05) is 38.5 Å². The minimum atomic E-state index is 0.257. The Hall–Kier alpha value is -1.06. The zero-order valence-corrected chi connectivity index (χ0v) is 15.2. The molecule has 3 rings (SSSR count). The smallest absolute Gasteiger partial charge is 0.225 e. The molecular formula is C20H34N2O2. The van der Waals surface area contributed by atoms with Gasteiger partial charge < -0.3 is 9.80 Å². The van der Waals surface area contributed by atoms with Crippen LogP contribution in [0.4, 0.5) is 0 Å². The van der Waals surface area contributed by atoms with Gasteiger partial charge in [0.25, 0.3) is 0 Å². The second-order valence-corrected chi connectivity index (χ2v) is 8.08. The van der Waals surface area contributed by atoms with E-state index in [0.29, 0.717) is 18.2 Å². The van der Waals surface area contributed by atoms with E-state index in [-0.39, 0.29) is 5.92 Å². The van der Waals surface area contributed by atoms with E-state index in [1.54, 1.807) is 0 Å². The van der Waals surface area contributed by atoms with Gasteiger partial charge in [-0.25, -0.2) is 0 Å². The van der Waals surface area contributed by atoms with Crippen LogP contribution in [0.15, 0.2) is 0 Å². The van der Waals surface area contributed by atoms with Gasteiger partial charge in [-0.05, 0) is 25.2 Å². The molecule has 4 heteroatoms. The molecular weight excluding hydrogens is 300 g/mol. The van der Waals surface area contributed by atoms with E-state index in [1.807, 2.05) is 9.80 Å². The average molecular weight is 335 g/mol. The molecule has 0 atom stereocenters. The summed E-state index contributed by atoms with van der Waals surface area (Å²) in [5, 5.41) is 0. The summed E-state index contributed by atoms with van der Waals surface area (Å²) in [6, 6.07) is 0. The Kier molecular flexibility index (Phi) is 6.56. The molecule has 1 aliphatic heterocycles. The van der Waals surface area contributed by atoms with Crippen LogP contribution in [-0.4, -0.2) is 47.8 Å². The maximum Gasteiger partial charge on any atom is 0.225 e. The molecule has 0 spiro atoms. The summed E-state index contributed by atoms with van der Waals surface area (Å²) in [5.74, 6) is 1.69. The molecule has 1 heterocycles. The molecule has 0 unspecified atom stereocenters. The van der Waals surface area contributed by atoms with Crippen molar-refractivity contribution in [3.05, 3.63) is 0 Å². The highest BCUT2D eigenvalue weighted by Crippen LogP contribution is 2.28. The molecule has 0 aromatic carbocycles. The van der Waals surface area contributed by atoms with Gasteiger partial charge in [0.1, 0.15) is 0 Å². The lowest BCUT2D eigenvalue weighted by molar-refractivity contribution is -0.143. The van der Waals surface area contributed by atoms with Crippen molar-refractivity contribution >= 4 is 11.8 Å². The second-order valence-electron chi connectivity index (χ2n) is 8.08. The molecule has 0 N–H and O–H groups in total. The number of carbonyl (C=O) groups is 2. The van der Waals surface area contributed by atoms with Crippen LogP contribution in [0.1, 0.15) is 77.0 Å². The van der Waals surface area contributed by atoms with Crippen molar-refractivity contribution in [1.82, 2.24) is 9.80 Å². The lowest BCUT2D eigenvalue weighted by Gasteiger charge is -2.37. The molecule has 136 valence electrons. The predicted octanol–water partition coefficient (Wildman–Crippen LogP) is 3.60. The number of nitrogens with zero attached hydrogens (tertiary/aromatic N) is 2. The van der Waals surface area contributed by atoms with Crippen molar-refractivity contribution in [1.29, 1.82) is 0 Å². The van der Waals surface area contributed by atoms with Gasteiger partial charge in [0.15, 0.2) is 0 Å². The molecule has 0 aromatic rings. The molecule has 2 saturated carbocycles. The van der Waals surface area contributed by atoms with Crippen molar-refractivity contribution in [2.24, 2.45) is 11.8 Å². The summed E-state index contributed by atoms with van der Waals surface area (Å²) in [7, 11) is 0. The Morgan fingerprint density at radius 3 is 1.88 bits per heavy atom. The molecule has 2 amide bonds. The van der Waals surface area contributed by atoms with E-state index >= 15 is 0 Å². The standard InChI is InChI=1S/C20H34N2O2/c23-19(12-11-17-7-3-1-4-8-17)21-13-15-22(16-14-21)20(24)18-9-5-2-6-10-18/h17-18H,1-16H2. The fraction of sp³-hybridized carbons (Fsp3) is 0.900. The predicted molar refractivity (Wildman–Crippen MR) is 95.5 cm³/mol. The molecule has 24 heavy (non-hydrogen) atoms. The van der Waals surface area contributed by atoms with Crippen LogP contribution in [-0.2, 0) is 9.59 Å². The Labute approximate surface area is 146 Å². The van der Waals surface area contributed by atoms with E-state index in [1.165, 1.54) is 51.4 Å². The number of amides is 2. The highest BCUT2D eigenvalue weighted by Gasteiger charge is 2.29. The van der Waals surface area contributed by atoms with Gasteiger partial charge in [0.05, 0.1) is 0 Å². The van der Waals surface area contributed by atoms with Crippen LogP contribution in [0, 0.1) is 11.8 Å². The van der Waals surface area contributed by atoms with Crippen LogP contribution >= 0.6 is 0 Å². The Balaban J connectivity index is 1.37. The van der Waals surface area contributed by atoms with E-state index in [0.717, 1.165) is 51.4 Å². The third-order valence-electron chi connectivity index (χ3n) is 6.39. The number of carbonyl (C=O) groups excluding carboxylic acids is 2. The summed E-state index contributed by atoms with van der Waals surface area (Å²) >= 11 is 0. The number of piperazine rings is 1. The van der Waals surface area contributed by atoms with E-state index in [4.69, 9.17) is 0 Å². The van der Waals surface area contributed by atoms with Crippen molar-refractivity contribution in [2.45, 2.75) is 77.0 Å². The maximum atomic E-state index is 12.6. The third kappa shape index (κ3) is 4.73. The monoisotopic (exact) mass is 334 g/mol. The molecule has 0 aromatic heterocycles. The maximum absolute atomic E-state index is 12.6. The van der Waals surface area contributed by atoms with Crippen LogP contribution in [0.25, 0.3) is 0 Å². The minimum Gasteiger partial charge on any atom is -0.339 e. The summed E-state index contributed by atoms with van der Waals surface area (Å²) in [4.78, 5) is 29.0. The quantitative estimate of drug-likeness (QED) is 0.788. The molecule has 2 aliphatic carbocycles. The summed E-state index contributed by atoms with van der Waals surface area (Å²) < 4.78 is 0. The molecule has 0 bridgehead atoms. The van der Waals surface area contributed by atoms with Crippen molar-refractivity contribution in [2.75, 3.05) is 26.2 Å². The fourth-order valence-electron chi connectivity index (χ4n) is 4.75. The molecule has 3 aliphatic rings. The zero-order chi connectivity index (χ0) is 16.8. The molecule has 3 fully saturated rings. The number of hydrogen-bond donors (Lipinski definition) is 0. The largest absolute Gasteiger partial charge is 0.339 e. The van der Waals surface area contributed by atoms with E-state index < -0.39 is 0 Å². The van der Waals surface area contributed by atoms with E-state index in [9.17, 15) is 9.59 Å². The zero-order valence-electron chi connectivity index (χ0n) is 15.2. The normalized spacial score (nSPS) is 24.2. The summed E-state index contributed by atoms with van der Waals surface area (Å²) in [6.45, 7) is 2.96. The highest BCUT2D eigenvalue weighted by atomic mass is 16.2. The van der Waals surface area contributed by atoms with Crippen molar-refractivity contribution < 1.29 is 9.59 Å². The van der Waals surface area contributed by atoms with E-state index in [2.05, 4.69) is 0 Å². The third-order valence-corrected chi connectivity index (χ3v) is 6.39. The second kappa shape index (κ2) is 8.87. The molecule has 1 saturated heterocycles. The SMILES string of the molecule is O=C(CCC1CCCCC1)N1CCN(C(=O)C2CCCCC2)CC1. The first-order valence-corrected chi connectivity index (χ1v) is 10.3. The fourth-order valence-corrected chi connectivity index (χ4v) is 4.75. The highest BCUT2D eigenvalue weighted by molar-refractivity contribution is 5.80. The summed E-state index contributed by atoms with van der Waals surface area (Å²) in [6.07, 6.45) is 14.3. The lowest BCUT2D eigenvalue weighted by atomic mass is 9.86. The first-order valence-electron chi connectivity index (χ1n) is 10.3. The van der Waals surface area contributed by atoms with Crippen molar-refractivity contribution in [3.63, 3.8) is 0 Å². The van der Waals surface area contributed by atoms with Gasteiger partial charge in [-0.1, -0.05) is 51.4 Å². The minimum absolute atomic E-state index is 0.257. The first kappa shape index (κ1) is 17.8. The molecule has 0 radical (unpaired) electrons. The average Bonchev–Trinajstić information content (AvgIpc) is 2.67. The first-order chi connectivity index (χ1) is 11.7. The lowest BCUT2D eigenvalue weighted by Crippen LogP contribution is -2.52. The van der Waals surface area contributed by atoms with Crippen molar-refractivity contribution in [3.8, 4) is 0 Å². The number of rotatable bonds is 4. The van der Waals surface area contributed by atoms with Crippen LogP contribution in [0.3, 0.4) is 0 Å². The Morgan fingerprint density at radius 1 is 0.708 bits per heavy atom. The Bertz CT molecular complexity index is 417. The van der Waals surface area contributed by atoms with Gasteiger partial charge in [-0.2, -0.15) is 0 Å². The topological polar surface area (TPSA) is 40.6 Å². The van der Waals surface area contributed by atoms with Crippen LogP contribution in [0.5, 0.6) is 0 Å². The van der Waals surface area contributed by atoms with Crippen LogP contribution < -0.4 is 0 Å². The molecule has 4 nitrogen and oxygen atoms in total.